The van der Waals surface area contributed by atoms with E-state index in [1.807, 2.05) is 36.5 Å². The molecule has 3 heterocycles. The second-order valence-electron chi connectivity index (χ2n) is 5.54. The van der Waals surface area contributed by atoms with Gasteiger partial charge in [-0.2, -0.15) is 0 Å². The number of aromatic nitrogens is 3. The Labute approximate surface area is 131 Å². The fourth-order valence-corrected chi connectivity index (χ4v) is 3.21. The Morgan fingerprint density at radius 2 is 1.61 bits per heavy atom. The first-order chi connectivity index (χ1) is 11.3. The fourth-order valence-electron chi connectivity index (χ4n) is 3.21. The molecule has 0 fully saturated rings. The number of pyridine rings is 1. The van der Waals surface area contributed by atoms with Crippen molar-refractivity contribution >= 4 is 27.7 Å². The molecule has 0 spiro atoms. The lowest BCUT2D eigenvalue weighted by Gasteiger charge is -2.07. The zero-order valence-electron chi connectivity index (χ0n) is 12.1. The van der Waals surface area contributed by atoms with Crippen molar-refractivity contribution in [3.63, 3.8) is 0 Å². The van der Waals surface area contributed by atoms with Gasteiger partial charge in [-0.3, -0.25) is 8.97 Å². The average molecular weight is 301 g/mol. The van der Waals surface area contributed by atoms with Gasteiger partial charge in [-0.05, 0) is 42.5 Å². The van der Waals surface area contributed by atoms with Gasteiger partial charge in [-0.15, -0.1) is 0 Å². The number of para-hydroxylation sites is 1. The third kappa shape index (κ3) is 1.66. The Morgan fingerprint density at radius 3 is 2.48 bits per heavy atom. The summed E-state index contributed by atoms with van der Waals surface area (Å²) in [5.41, 5.74) is 4.83. The Hall–Kier alpha value is -3.14. The van der Waals surface area contributed by atoms with Gasteiger partial charge in [0.15, 0.2) is 5.65 Å². The van der Waals surface area contributed by atoms with Crippen LogP contribution in [0.25, 0.3) is 33.4 Å². The van der Waals surface area contributed by atoms with E-state index in [0.717, 1.165) is 33.4 Å². The molecule has 0 saturated carbocycles. The summed E-state index contributed by atoms with van der Waals surface area (Å²) in [6.07, 6.45) is 2.00. The smallest absolute Gasteiger partial charge is 0.150 e. The number of rotatable bonds is 1. The van der Waals surface area contributed by atoms with Crippen LogP contribution in [-0.4, -0.2) is 14.0 Å². The van der Waals surface area contributed by atoms with E-state index in [1.165, 1.54) is 12.1 Å². The van der Waals surface area contributed by atoms with Crippen LogP contribution in [0.15, 0.2) is 72.9 Å². The van der Waals surface area contributed by atoms with Gasteiger partial charge in [-0.25, -0.2) is 9.37 Å². The predicted octanol–water partition coefficient (Wildman–Crippen LogP) is 4.57. The molecule has 3 nitrogen and oxygen atoms in total. The molecule has 4 heteroatoms. The molecular formula is C19H12FN3. The van der Waals surface area contributed by atoms with E-state index in [1.54, 1.807) is 12.1 Å². The zero-order valence-corrected chi connectivity index (χ0v) is 12.1. The van der Waals surface area contributed by atoms with Crippen molar-refractivity contribution < 1.29 is 4.39 Å². The minimum atomic E-state index is -0.236. The van der Waals surface area contributed by atoms with Crippen LogP contribution in [0.3, 0.4) is 0 Å². The van der Waals surface area contributed by atoms with E-state index in [-0.39, 0.29) is 5.82 Å². The molecule has 5 rings (SSSR count). The summed E-state index contributed by atoms with van der Waals surface area (Å²) in [4.78, 5) is 4.78. The standard InChI is InChI=1S/C19H12FN3/c20-13-8-10-14(11-9-13)23-16-6-2-1-5-15(16)18-19(23)22-12-4-3-7-17(22)21-18/h1-12H. The highest BCUT2D eigenvalue weighted by Crippen LogP contribution is 2.32. The molecule has 23 heavy (non-hydrogen) atoms. The van der Waals surface area contributed by atoms with Crippen LogP contribution >= 0.6 is 0 Å². The first kappa shape index (κ1) is 12.4. The lowest BCUT2D eigenvalue weighted by atomic mass is 10.2. The Balaban J connectivity index is 2.03. The Kier molecular flexibility index (Phi) is 2.39. The van der Waals surface area contributed by atoms with Gasteiger partial charge < -0.3 is 0 Å². The van der Waals surface area contributed by atoms with Gasteiger partial charge in [0.05, 0.1) is 5.52 Å². The van der Waals surface area contributed by atoms with Crippen molar-refractivity contribution in [1.82, 2.24) is 14.0 Å². The summed E-state index contributed by atoms with van der Waals surface area (Å²) in [6.45, 7) is 0. The van der Waals surface area contributed by atoms with Crippen LogP contribution in [0.1, 0.15) is 0 Å². The van der Waals surface area contributed by atoms with E-state index in [9.17, 15) is 4.39 Å². The minimum absolute atomic E-state index is 0.236. The SMILES string of the molecule is Fc1ccc(-n2c3ccccc3c3nc4ccccn4c32)cc1. The molecule has 0 unspecified atom stereocenters. The minimum Gasteiger partial charge on any atom is -0.294 e. The first-order valence-corrected chi connectivity index (χ1v) is 7.45. The lowest BCUT2D eigenvalue weighted by molar-refractivity contribution is 0.627. The summed E-state index contributed by atoms with van der Waals surface area (Å²) >= 11 is 0. The van der Waals surface area contributed by atoms with E-state index >= 15 is 0 Å². The average Bonchev–Trinajstić information content (AvgIpc) is 3.11. The van der Waals surface area contributed by atoms with Crippen LogP contribution in [0, 0.1) is 5.82 Å². The molecule has 5 aromatic rings. The molecule has 0 aliphatic carbocycles. The maximum Gasteiger partial charge on any atom is 0.150 e. The molecule has 0 atom stereocenters. The van der Waals surface area contributed by atoms with Gasteiger partial charge in [-0.1, -0.05) is 24.3 Å². The van der Waals surface area contributed by atoms with Crippen LogP contribution in [0.5, 0.6) is 0 Å². The quantitative estimate of drug-likeness (QED) is 0.444. The topological polar surface area (TPSA) is 22.2 Å². The summed E-state index contributed by atoms with van der Waals surface area (Å²) in [6, 6.07) is 20.7. The number of halogens is 1. The van der Waals surface area contributed by atoms with E-state index in [2.05, 4.69) is 21.1 Å². The lowest BCUT2D eigenvalue weighted by Crippen LogP contribution is -1.97. The molecular weight excluding hydrogens is 289 g/mol. The molecule has 0 N–H and O–H groups in total. The number of hydrogen-bond donors (Lipinski definition) is 0. The van der Waals surface area contributed by atoms with Crippen LogP contribution < -0.4 is 0 Å². The number of nitrogens with zero attached hydrogens (tertiary/aromatic N) is 3. The number of fused-ring (bicyclic) bond motifs is 5. The van der Waals surface area contributed by atoms with Gasteiger partial charge >= 0.3 is 0 Å². The number of benzene rings is 2. The molecule has 0 aliphatic rings. The summed E-state index contributed by atoms with van der Waals surface area (Å²) in [5.74, 6) is -0.236. The van der Waals surface area contributed by atoms with Crippen LogP contribution in [0.2, 0.25) is 0 Å². The summed E-state index contributed by atoms with van der Waals surface area (Å²) in [7, 11) is 0. The van der Waals surface area contributed by atoms with Crippen molar-refractivity contribution in [2.24, 2.45) is 0 Å². The molecule has 0 saturated heterocycles. The first-order valence-electron chi connectivity index (χ1n) is 7.45. The van der Waals surface area contributed by atoms with E-state index < -0.39 is 0 Å². The molecule has 0 amide bonds. The second kappa shape index (κ2) is 4.43. The van der Waals surface area contributed by atoms with Crippen molar-refractivity contribution in [3.05, 3.63) is 78.7 Å². The van der Waals surface area contributed by atoms with Crippen LogP contribution in [-0.2, 0) is 0 Å². The Morgan fingerprint density at radius 1 is 0.826 bits per heavy atom. The predicted molar refractivity (Wildman–Crippen MR) is 89.5 cm³/mol. The Bertz CT molecular complexity index is 1160. The second-order valence-corrected chi connectivity index (χ2v) is 5.54. The highest BCUT2D eigenvalue weighted by molar-refractivity contribution is 6.07. The fraction of sp³-hybridized carbons (Fsp3) is 0. The molecule has 110 valence electrons. The van der Waals surface area contributed by atoms with Crippen molar-refractivity contribution in [1.29, 1.82) is 0 Å². The highest BCUT2D eigenvalue weighted by Gasteiger charge is 2.17. The monoisotopic (exact) mass is 301 g/mol. The maximum absolute atomic E-state index is 13.3. The molecule has 2 aromatic carbocycles. The molecule has 0 radical (unpaired) electrons. The summed E-state index contributed by atoms with van der Waals surface area (Å²) < 4.78 is 17.5. The third-order valence-electron chi connectivity index (χ3n) is 4.20. The normalized spacial score (nSPS) is 11.7. The molecule has 0 aliphatic heterocycles. The zero-order chi connectivity index (χ0) is 15.4. The molecule has 3 aromatic heterocycles. The van der Waals surface area contributed by atoms with E-state index in [4.69, 9.17) is 4.98 Å². The largest absolute Gasteiger partial charge is 0.294 e. The van der Waals surface area contributed by atoms with Gasteiger partial charge in [0.25, 0.3) is 0 Å². The number of imidazole rings is 1. The van der Waals surface area contributed by atoms with Crippen molar-refractivity contribution in [3.8, 4) is 5.69 Å². The third-order valence-corrected chi connectivity index (χ3v) is 4.20. The van der Waals surface area contributed by atoms with Crippen molar-refractivity contribution in [2.45, 2.75) is 0 Å². The maximum atomic E-state index is 13.3. The summed E-state index contributed by atoms with van der Waals surface area (Å²) in [5, 5.41) is 1.09. The van der Waals surface area contributed by atoms with Gasteiger partial charge in [0.1, 0.15) is 17.0 Å². The molecule has 0 bridgehead atoms. The van der Waals surface area contributed by atoms with Gasteiger partial charge in [0.2, 0.25) is 0 Å². The van der Waals surface area contributed by atoms with Crippen LogP contribution in [0.4, 0.5) is 4.39 Å². The highest BCUT2D eigenvalue weighted by atomic mass is 19.1. The number of hydrogen-bond acceptors (Lipinski definition) is 1. The van der Waals surface area contributed by atoms with Crippen molar-refractivity contribution in [2.75, 3.05) is 0 Å². The van der Waals surface area contributed by atoms with E-state index in [0.29, 0.717) is 0 Å². The van der Waals surface area contributed by atoms with Gasteiger partial charge in [0, 0.05) is 17.3 Å².